The van der Waals surface area contributed by atoms with Crippen LogP contribution in [0.1, 0.15) is 16.1 Å². The summed E-state index contributed by atoms with van der Waals surface area (Å²) in [6.07, 6.45) is 1.61. The lowest BCUT2D eigenvalue weighted by Crippen LogP contribution is -2.13. The molecule has 0 fully saturated rings. The summed E-state index contributed by atoms with van der Waals surface area (Å²) >= 11 is 12.4. The Morgan fingerprint density at radius 3 is 2.62 bits per heavy atom. The molecule has 0 radical (unpaired) electrons. The molecule has 2 aromatic carbocycles. The lowest BCUT2D eigenvalue weighted by molar-refractivity contribution is 0.102. The quantitative estimate of drug-likeness (QED) is 0.467. The molecule has 0 atom stereocenters. The van der Waals surface area contributed by atoms with Gasteiger partial charge in [0.2, 0.25) is 0 Å². The maximum Gasteiger partial charge on any atom is 0.274 e. The van der Waals surface area contributed by atoms with E-state index in [1.54, 1.807) is 35.1 Å². The summed E-state index contributed by atoms with van der Waals surface area (Å²) in [5, 5.41) is 14.6. The SMILES string of the molecule is O=C(Nc1nn(Cc2ccccc2Cl)cc1Cl)c1cc(-c2ccc(F)cc2)n[nH]1. The Morgan fingerprint density at radius 2 is 1.86 bits per heavy atom. The van der Waals surface area contributed by atoms with E-state index in [2.05, 4.69) is 20.6 Å². The molecule has 146 valence electrons. The summed E-state index contributed by atoms with van der Waals surface area (Å²) in [4.78, 5) is 12.5. The Balaban J connectivity index is 1.48. The number of anilines is 1. The zero-order valence-corrected chi connectivity index (χ0v) is 16.4. The Hall–Kier alpha value is -3.16. The van der Waals surface area contributed by atoms with Crippen molar-refractivity contribution >= 4 is 34.9 Å². The van der Waals surface area contributed by atoms with Gasteiger partial charge in [0.1, 0.15) is 16.5 Å². The molecule has 2 aromatic heterocycles. The molecule has 6 nitrogen and oxygen atoms in total. The highest BCUT2D eigenvalue weighted by Crippen LogP contribution is 2.23. The predicted octanol–water partition coefficient (Wildman–Crippen LogP) is 5.02. The van der Waals surface area contributed by atoms with Crippen molar-refractivity contribution in [2.75, 3.05) is 5.32 Å². The maximum absolute atomic E-state index is 13.1. The fourth-order valence-corrected chi connectivity index (χ4v) is 3.14. The largest absolute Gasteiger partial charge is 0.302 e. The zero-order valence-electron chi connectivity index (χ0n) is 14.9. The summed E-state index contributed by atoms with van der Waals surface area (Å²) in [5.74, 6) is -0.568. The molecule has 0 aliphatic carbocycles. The van der Waals surface area contributed by atoms with Crippen molar-refractivity contribution in [2.45, 2.75) is 6.54 Å². The van der Waals surface area contributed by atoms with E-state index in [9.17, 15) is 9.18 Å². The zero-order chi connectivity index (χ0) is 20.4. The number of hydrogen-bond acceptors (Lipinski definition) is 3. The van der Waals surface area contributed by atoms with Gasteiger partial charge in [0.15, 0.2) is 5.82 Å². The molecule has 29 heavy (non-hydrogen) atoms. The molecule has 2 N–H and O–H groups in total. The number of nitrogens with zero attached hydrogens (tertiary/aromatic N) is 3. The Labute approximate surface area is 175 Å². The number of aromatic nitrogens is 4. The number of halogens is 3. The van der Waals surface area contributed by atoms with Gasteiger partial charge in [0.05, 0.1) is 12.2 Å². The topological polar surface area (TPSA) is 75.6 Å². The highest BCUT2D eigenvalue weighted by atomic mass is 35.5. The van der Waals surface area contributed by atoms with Crippen LogP contribution >= 0.6 is 23.2 Å². The molecule has 0 bridgehead atoms. The van der Waals surface area contributed by atoms with E-state index in [0.717, 1.165) is 5.56 Å². The summed E-state index contributed by atoms with van der Waals surface area (Å²) in [5.41, 5.74) is 2.30. The number of rotatable bonds is 5. The normalized spacial score (nSPS) is 10.9. The third-order valence-corrected chi connectivity index (χ3v) is 4.85. The molecule has 0 saturated heterocycles. The van der Waals surface area contributed by atoms with Gasteiger partial charge in [-0.15, -0.1) is 0 Å². The van der Waals surface area contributed by atoms with Crippen molar-refractivity contribution in [1.29, 1.82) is 0 Å². The average molecular weight is 430 g/mol. The van der Waals surface area contributed by atoms with E-state index in [0.29, 0.717) is 27.8 Å². The first-order valence-corrected chi connectivity index (χ1v) is 9.34. The van der Waals surface area contributed by atoms with Gasteiger partial charge in [0.25, 0.3) is 5.91 Å². The second kappa shape index (κ2) is 8.06. The molecular weight excluding hydrogens is 416 g/mol. The smallest absolute Gasteiger partial charge is 0.274 e. The van der Waals surface area contributed by atoms with E-state index in [1.807, 2.05) is 18.2 Å². The van der Waals surface area contributed by atoms with Crippen molar-refractivity contribution in [3.05, 3.63) is 87.9 Å². The van der Waals surface area contributed by atoms with Crippen molar-refractivity contribution in [2.24, 2.45) is 0 Å². The van der Waals surface area contributed by atoms with Crippen LogP contribution < -0.4 is 5.32 Å². The molecule has 0 unspecified atom stereocenters. The molecule has 0 aliphatic rings. The minimum Gasteiger partial charge on any atom is -0.302 e. The minimum atomic E-state index is -0.448. The van der Waals surface area contributed by atoms with Gasteiger partial charge in [-0.1, -0.05) is 41.4 Å². The highest BCUT2D eigenvalue weighted by Gasteiger charge is 2.16. The van der Waals surface area contributed by atoms with E-state index in [4.69, 9.17) is 23.2 Å². The number of carbonyl (C=O) groups is 1. The van der Waals surface area contributed by atoms with Crippen molar-refractivity contribution in [3.8, 4) is 11.3 Å². The Kier molecular flexibility index (Phi) is 5.33. The summed E-state index contributed by atoms with van der Waals surface area (Å²) in [6.45, 7) is 0.411. The lowest BCUT2D eigenvalue weighted by atomic mass is 10.1. The number of benzene rings is 2. The van der Waals surface area contributed by atoms with Crippen molar-refractivity contribution < 1.29 is 9.18 Å². The van der Waals surface area contributed by atoms with Gasteiger partial charge >= 0.3 is 0 Å². The van der Waals surface area contributed by atoms with Crippen LogP contribution in [0.4, 0.5) is 10.2 Å². The fraction of sp³-hybridized carbons (Fsp3) is 0.0500. The van der Waals surface area contributed by atoms with Gasteiger partial charge < -0.3 is 5.32 Å². The molecule has 2 heterocycles. The van der Waals surface area contributed by atoms with Gasteiger partial charge in [-0.25, -0.2) is 4.39 Å². The number of aromatic amines is 1. The molecule has 1 amide bonds. The monoisotopic (exact) mass is 429 g/mol. The number of hydrogen-bond donors (Lipinski definition) is 2. The summed E-state index contributed by atoms with van der Waals surface area (Å²) < 4.78 is 14.6. The van der Waals surface area contributed by atoms with Crippen LogP contribution in [-0.4, -0.2) is 25.9 Å². The van der Waals surface area contributed by atoms with Crippen LogP contribution in [0.15, 0.2) is 60.8 Å². The van der Waals surface area contributed by atoms with E-state index >= 15 is 0 Å². The Bertz CT molecular complexity index is 1170. The second-order valence-electron chi connectivity index (χ2n) is 6.24. The van der Waals surface area contributed by atoms with Crippen LogP contribution in [0.25, 0.3) is 11.3 Å². The number of H-pyrrole nitrogens is 1. The number of amides is 1. The molecule has 0 spiro atoms. The molecule has 4 rings (SSSR count). The van der Waals surface area contributed by atoms with Crippen molar-refractivity contribution in [1.82, 2.24) is 20.0 Å². The van der Waals surface area contributed by atoms with Gasteiger partial charge in [-0.3, -0.25) is 14.6 Å². The van der Waals surface area contributed by atoms with Crippen molar-refractivity contribution in [3.63, 3.8) is 0 Å². The average Bonchev–Trinajstić information content (AvgIpc) is 3.32. The van der Waals surface area contributed by atoms with E-state index in [1.165, 1.54) is 12.1 Å². The summed E-state index contributed by atoms with van der Waals surface area (Å²) in [6, 6.07) is 14.8. The first-order chi connectivity index (χ1) is 14.0. The van der Waals surface area contributed by atoms with E-state index in [-0.39, 0.29) is 17.3 Å². The molecule has 0 aliphatic heterocycles. The van der Waals surface area contributed by atoms with Crippen LogP contribution in [0.5, 0.6) is 0 Å². The van der Waals surface area contributed by atoms with E-state index < -0.39 is 5.91 Å². The van der Waals surface area contributed by atoms with Crippen LogP contribution in [-0.2, 0) is 6.54 Å². The van der Waals surface area contributed by atoms with Gasteiger partial charge in [0, 0.05) is 16.8 Å². The Morgan fingerprint density at radius 1 is 1.10 bits per heavy atom. The fourth-order valence-electron chi connectivity index (χ4n) is 2.75. The molecule has 0 saturated carbocycles. The molecule has 9 heteroatoms. The standard InChI is InChI=1S/C20H14Cl2FN5O/c21-15-4-2-1-3-13(15)10-28-11-16(22)19(27-28)24-20(29)18-9-17(25-26-18)12-5-7-14(23)8-6-12/h1-9,11H,10H2,(H,25,26)(H,24,27,29). The highest BCUT2D eigenvalue weighted by molar-refractivity contribution is 6.33. The van der Waals surface area contributed by atoms with Crippen LogP contribution in [0.2, 0.25) is 10.0 Å². The van der Waals surface area contributed by atoms with Crippen LogP contribution in [0, 0.1) is 5.82 Å². The van der Waals surface area contributed by atoms with Gasteiger partial charge in [-0.2, -0.15) is 10.2 Å². The predicted molar refractivity (Wildman–Crippen MR) is 110 cm³/mol. The third kappa shape index (κ3) is 4.31. The van der Waals surface area contributed by atoms with Crippen LogP contribution in [0.3, 0.4) is 0 Å². The van der Waals surface area contributed by atoms with Gasteiger partial charge in [-0.05, 0) is 42.0 Å². The third-order valence-electron chi connectivity index (χ3n) is 4.20. The number of carbonyl (C=O) groups excluding carboxylic acids is 1. The first kappa shape index (κ1) is 19.2. The molecule has 4 aromatic rings. The summed E-state index contributed by atoms with van der Waals surface area (Å²) in [7, 11) is 0. The lowest BCUT2D eigenvalue weighted by Gasteiger charge is -2.04. The molecular formula is C20H14Cl2FN5O. The maximum atomic E-state index is 13.1. The first-order valence-electron chi connectivity index (χ1n) is 8.58. The second-order valence-corrected chi connectivity index (χ2v) is 7.06. The minimum absolute atomic E-state index is 0.223. The number of nitrogens with one attached hydrogen (secondary N) is 2.